The summed E-state index contributed by atoms with van der Waals surface area (Å²) in [6.07, 6.45) is 0. The summed E-state index contributed by atoms with van der Waals surface area (Å²) < 4.78 is 26.8. The van der Waals surface area contributed by atoms with Crippen molar-refractivity contribution < 1.29 is 18.3 Å². The Morgan fingerprint density at radius 3 is 2.33 bits per heavy atom. The lowest BCUT2D eigenvalue weighted by Crippen LogP contribution is -2.17. The van der Waals surface area contributed by atoms with E-state index < -0.39 is 17.4 Å². The highest BCUT2D eigenvalue weighted by Crippen LogP contribution is 2.31. The second-order valence-corrected chi connectivity index (χ2v) is 5.05. The Kier molecular flexibility index (Phi) is 2.86. The summed E-state index contributed by atoms with van der Waals surface area (Å²) in [7, 11) is 0. The Bertz CT molecular complexity index is 825. The van der Waals surface area contributed by atoms with Gasteiger partial charge in [0.2, 0.25) is 5.69 Å². The van der Waals surface area contributed by atoms with E-state index in [4.69, 9.17) is 0 Å². The van der Waals surface area contributed by atoms with E-state index in [9.17, 15) is 18.8 Å². The standard InChI is InChI=1S/C16H11F2NO2/c1-8-5-11-14(6-9(8)2)19(21)15(16(11)20)10-3-4-12(17)13(18)7-10/h3-7H,1-2H3. The maximum absolute atomic E-state index is 13.3. The fraction of sp³-hybridized carbons (Fsp3) is 0.125. The average Bonchev–Trinajstić information content (AvgIpc) is 2.66. The molecule has 0 saturated heterocycles. The van der Waals surface area contributed by atoms with Crippen LogP contribution in [0.25, 0.3) is 0 Å². The molecule has 0 N–H and O–H groups in total. The molecule has 1 aliphatic rings. The first-order valence-electron chi connectivity index (χ1n) is 6.35. The molecule has 0 bridgehead atoms. The Morgan fingerprint density at radius 1 is 1.00 bits per heavy atom. The SMILES string of the molecule is Cc1cc2c(cc1C)[N+]([O-])=C(c1ccc(F)c(F)c1)C2=O. The van der Waals surface area contributed by atoms with Crippen molar-refractivity contribution in [3.05, 3.63) is 69.4 Å². The molecule has 0 spiro atoms. The van der Waals surface area contributed by atoms with E-state index in [0.29, 0.717) is 4.74 Å². The molecule has 0 radical (unpaired) electrons. The molecule has 0 atom stereocenters. The van der Waals surface area contributed by atoms with Gasteiger partial charge in [0.05, 0.1) is 5.56 Å². The van der Waals surface area contributed by atoms with Crippen LogP contribution in [0.2, 0.25) is 0 Å². The molecule has 3 nitrogen and oxygen atoms in total. The van der Waals surface area contributed by atoms with Crippen LogP contribution in [0, 0.1) is 30.7 Å². The van der Waals surface area contributed by atoms with Crippen molar-refractivity contribution in [3.8, 4) is 0 Å². The second-order valence-electron chi connectivity index (χ2n) is 5.05. The highest BCUT2D eigenvalue weighted by Gasteiger charge is 2.37. The molecule has 0 fully saturated rings. The fourth-order valence-electron chi connectivity index (χ4n) is 2.38. The van der Waals surface area contributed by atoms with Gasteiger partial charge in [-0.05, 0) is 49.2 Å². The van der Waals surface area contributed by atoms with Crippen molar-refractivity contribution >= 4 is 17.2 Å². The zero-order chi connectivity index (χ0) is 15.3. The summed E-state index contributed by atoms with van der Waals surface area (Å²) in [6.45, 7) is 3.68. The van der Waals surface area contributed by atoms with Crippen LogP contribution in [0.4, 0.5) is 14.5 Å². The Labute approximate surface area is 119 Å². The largest absolute Gasteiger partial charge is 0.618 e. The first kappa shape index (κ1) is 13.4. The van der Waals surface area contributed by atoms with Gasteiger partial charge in [0.25, 0.3) is 11.5 Å². The molecule has 1 heterocycles. The second kappa shape index (κ2) is 4.48. The normalized spacial score (nSPS) is 13.8. The maximum Gasteiger partial charge on any atom is 0.273 e. The van der Waals surface area contributed by atoms with Gasteiger partial charge in [-0.25, -0.2) is 8.78 Å². The Hall–Kier alpha value is -2.56. The number of rotatable bonds is 1. The van der Waals surface area contributed by atoms with Crippen molar-refractivity contribution in [3.63, 3.8) is 0 Å². The molecule has 2 aromatic carbocycles. The number of benzene rings is 2. The van der Waals surface area contributed by atoms with Crippen molar-refractivity contribution in [2.24, 2.45) is 0 Å². The first-order valence-corrected chi connectivity index (χ1v) is 6.35. The molecule has 0 aromatic heterocycles. The zero-order valence-corrected chi connectivity index (χ0v) is 11.4. The maximum atomic E-state index is 13.3. The fourth-order valence-corrected chi connectivity index (χ4v) is 2.38. The number of halogens is 2. The minimum Gasteiger partial charge on any atom is -0.618 e. The summed E-state index contributed by atoms with van der Waals surface area (Å²) in [5, 5.41) is 12.3. The molecular formula is C16H11F2NO2. The van der Waals surface area contributed by atoms with E-state index in [-0.39, 0.29) is 22.5 Å². The van der Waals surface area contributed by atoms with Crippen molar-refractivity contribution in [1.29, 1.82) is 0 Å². The Morgan fingerprint density at radius 2 is 1.67 bits per heavy atom. The van der Waals surface area contributed by atoms with Gasteiger partial charge in [-0.3, -0.25) is 4.79 Å². The van der Waals surface area contributed by atoms with Gasteiger partial charge in [-0.15, -0.1) is 0 Å². The number of Topliss-reactive ketones (excluding diaryl/α,β-unsaturated/α-hetero) is 1. The quantitative estimate of drug-likeness (QED) is 0.596. The van der Waals surface area contributed by atoms with Gasteiger partial charge in [0.15, 0.2) is 11.6 Å². The predicted octanol–water partition coefficient (Wildman–Crippen LogP) is 3.41. The van der Waals surface area contributed by atoms with Crippen LogP contribution in [0.5, 0.6) is 0 Å². The van der Waals surface area contributed by atoms with Crippen LogP contribution in [0.3, 0.4) is 0 Å². The topological polar surface area (TPSA) is 43.1 Å². The molecule has 1 aliphatic heterocycles. The zero-order valence-electron chi connectivity index (χ0n) is 11.4. The third kappa shape index (κ3) is 1.93. The number of nitrogens with zero attached hydrogens (tertiary/aromatic N) is 1. The number of hydrogen-bond donors (Lipinski definition) is 0. The molecule has 2 aromatic rings. The highest BCUT2D eigenvalue weighted by molar-refractivity contribution is 6.52. The van der Waals surface area contributed by atoms with Gasteiger partial charge in [-0.1, -0.05) is 0 Å². The van der Waals surface area contributed by atoms with E-state index in [2.05, 4.69) is 0 Å². The molecule has 0 unspecified atom stereocenters. The van der Waals surface area contributed by atoms with Gasteiger partial charge >= 0.3 is 0 Å². The van der Waals surface area contributed by atoms with Crippen LogP contribution >= 0.6 is 0 Å². The predicted molar refractivity (Wildman–Crippen MR) is 74.0 cm³/mol. The van der Waals surface area contributed by atoms with Crippen LogP contribution in [0.1, 0.15) is 27.0 Å². The molecule has 0 aliphatic carbocycles. The van der Waals surface area contributed by atoms with Crippen molar-refractivity contribution in [2.45, 2.75) is 13.8 Å². The van der Waals surface area contributed by atoms with Gasteiger partial charge in [0, 0.05) is 6.07 Å². The monoisotopic (exact) mass is 287 g/mol. The third-order valence-corrected chi connectivity index (χ3v) is 3.69. The molecule has 5 heteroatoms. The van der Waals surface area contributed by atoms with Gasteiger partial charge in [-0.2, -0.15) is 4.74 Å². The smallest absolute Gasteiger partial charge is 0.273 e. The third-order valence-electron chi connectivity index (χ3n) is 3.69. The van der Waals surface area contributed by atoms with Crippen molar-refractivity contribution in [1.82, 2.24) is 0 Å². The molecule has 3 rings (SSSR count). The lowest BCUT2D eigenvalue weighted by atomic mass is 9.99. The minimum absolute atomic E-state index is 0.0698. The van der Waals surface area contributed by atoms with E-state index in [1.807, 2.05) is 13.8 Å². The summed E-state index contributed by atoms with van der Waals surface area (Å²) in [5.74, 6) is -2.59. The number of carbonyl (C=O) groups excluding carboxylic acids is 1. The summed E-state index contributed by atoms with van der Waals surface area (Å²) in [4.78, 5) is 12.4. The highest BCUT2D eigenvalue weighted by atomic mass is 19.2. The molecule has 21 heavy (non-hydrogen) atoms. The van der Waals surface area contributed by atoms with E-state index >= 15 is 0 Å². The van der Waals surface area contributed by atoms with Crippen LogP contribution in [0.15, 0.2) is 30.3 Å². The lowest BCUT2D eigenvalue weighted by molar-refractivity contribution is -0.355. The lowest BCUT2D eigenvalue weighted by Gasteiger charge is -2.04. The van der Waals surface area contributed by atoms with Gasteiger partial charge < -0.3 is 5.21 Å². The molecular weight excluding hydrogens is 276 g/mol. The van der Waals surface area contributed by atoms with E-state index in [1.165, 1.54) is 6.07 Å². The number of fused-ring (bicyclic) bond motifs is 1. The molecule has 0 amide bonds. The number of aryl methyl sites for hydroxylation is 2. The summed E-state index contributed by atoms with van der Waals surface area (Å²) in [6, 6.07) is 6.26. The number of ketones is 1. The van der Waals surface area contributed by atoms with E-state index in [1.54, 1.807) is 12.1 Å². The van der Waals surface area contributed by atoms with Crippen LogP contribution < -0.4 is 0 Å². The van der Waals surface area contributed by atoms with Crippen LogP contribution in [-0.2, 0) is 0 Å². The Balaban J connectivity index is 2.21. The number of carbonyl (C=O) groups is 1. The van der Waals surface area contributed by atoms with E-state index in [0.717, 1.165) is 23.3 Å². The van der Waals surface area contributed by atoms with Gasteiger partial charge in [0.1, 0.15) is 5.56 Å². The number of hydrogen-bond acceptors (Lipinski definition) is 2. The average molecular weight is 287 g/mol. The van der Waals surface area contributed by atoms with Crippen molar-refractivity contribution in [2.75, 3.05) is 0 Å². The molecule has 0 saturated carbocycles. The molecule has 106 valence electrons. The summed E-state index contributed by atoms with van der Waals surface area (Å²) in [5.41, 5.74) is 2.18. The summed E-state index contributed by atoms with van der Waals surface area (Å²) >= 11 is 0. The van der Waals surface area contributed by atoms with Crippen LogP contribution in [-0.4, -0.2) is 16.2 Å². The minimum atomic E-state index is -1.09. The first-order chi connectivity index (χ1) is 9.90.